The van der Waals surface area contributed by atoms with E-state index >= 15 is 0 Å². The molecule has 1 aliphatic rings. The fourth-order valence-electron chi connectivity index (χ4n) is 2.85. The molecule has 0 radical (unpaired) electrons. The van der Waals surface area contributed by atoms with Gasteiger partial charge in [0.05, 0.1) is 10.5 Å². The minimum atomic E-state index is -0.128. The zero-order chi connectivity index (χ0) is 14.1. The van der Waals surface area contributed by atoms with Crippen LogP contribution < -0.4 is 5.32 Å². The SMILES string of the molecule is CC1CCCC1NC(=O)c1cc(Cl)c2ccccc2n1. The lowest BCUT2D eigenvalue weighted by Gasteiger charge is -2.17. The summed E-state index contributed by atoms with van der Waals surface area (Å²) in [5, 5.41) is 4.52. The number of rotatable bonds is 2. The molecule has 1 aromatic carbocycles. The standard InChI is InChI=1S/C16H17ClN2O/c1-10-5-4-8-13(10)19-16(20)15-9-12(17)11-6-2-3-7-14(11)18-15/h2-3,6-7,9-10,13H,4-5,8H2,1H3,(H,19,20). The molecule has 20 heavy (non-hydrogen) atoms. The first-order valence-corrected chi connectivity index (χ1v) is 7.39. The molecule has 2 aromatic rings. The second kappa shape index (κ2) is 5.41. The normalized spacial score (nSPS) is 22.1. The maximum absolute atomic E-state index is 12.3. The van der Waals surface area contributed by atoms with Crippen LogP contribution in [0.3, 0.4) is 0 Å². The van der Waals surface area contributed by atoms with Crippen molar-refractivity contribution in [2.45, 2.75) is 32.2 Å². The average Bonchev–Trinajstić information content (AvgIpc) is 2.84. The summed E-state index contributed by atoms with van der Waals surface area (Å²) in [7, 11) is 0. The Labute approximate surface area is 123 Å². The maximum Gasteiger partial charge on any atom is 0.270 e. The summed E-state index contributed by atoms with van der Waals surface area (Å²) in [5.41, 5.74) is 1.15. The molecule has 4 heteroatoms. The third kappa shape index (κ3) is 2.50. The number of benzene rings is 1. The molecule has 104 valence electrons. The van der Waals surface area contributed by atoms with E-state index < -0.39 is 0 Å². The zero-order valence-corrected chi connectivity index (χ0v) is 12.2. The Hall–Kier alpha value is -1.61. The Kier molecular flexibility index (Phi) is 3.62. The van der Waals surface area contributed by atoms with Gasteiger partial charge in [-0.15, -0.1) is 0 Å². The molecule has 1 amide bonds. The van der Waals surface area contributed by atoms with Crippen LogP contribution in [0.25, 0.3) is 10.9 Å². The van der Waals surface area contributed by atoms with Gasteiger partial charge in [0, 0.05) is 11.4 Å². The van der Waals surface area contributed by atoms with Gasteiger partial charge in [-0.1, -0.05) is 43.1 Å². The largest absolute Gasteiger partial charge is 0.348 e. The Morgan fingerprint density at radius 1 is 1.35 bits per heavy atom. The zero-order valence-electron chi connectivity index (χ0n) is 11.4. The van der Waals surface area contributed by atoms with Crippen molar-refractivity contribution in [2.75, 3.05) is 0 Å². The second-order valence-corrected chi connectivity index (χ2v) is 5.90. The minimum Gasteiger partial charge on any atom is -0.348 e. The number of carbonyl (C=O) groups excluding carboxylic acids is 1. The summed E-state index contributed by atoms with van der Waals surface area (Å²) < 4.78 is 0. The molecule has 1 fully saturated rings. The molecule has 2 atom stereocenters. The Morgan fingerprint density at radius 2 is 2.15 bits per heavy atom. The van der Waals surface area contributed by atoms with Gasteiger partial charge >= 0.3 is 0 Å². The molecule has 0 spiro atoms. The molecular formula is C16H17ClN2O. The number of pyridine rings is 1. The van der Waals surface area contributed by atoms with E-state index in [-0.39, 0.29) is 11.9 Å². The molecule has 1 heterocycles. The van der Waals surface area contributed by atoms with Crippen LogP contribution in [0.15, 0.2) is 30.3 Å². The van der Waals surface area contributed by atoms with Crippen molar-refractivity contribution in [1.29, 1.82) is 0 Å². The number of nitrogens with zero attached hydrogens (tertiary/aromatic N) is 1. The summed E-state index contributed by atoms with van der Waals surface area (Å²) in [6.45, 7) is 2.18. The Morgan fingerprint density at radius 3 is 2.90 bits per heavy atom. The molecule has 1 aromatic heterocycles. The highest BCUT2D eigenvalue weighted by Crippen LogP contribution is 2.26. The summed E-state index contributed by atoms with van der Waals surface area (Å²) in [5.74, 6) is 0.409. The van der Waals surface area contributed by atoms with Crippen LogP contribution in [-0.2, 0) is 0 Å². The number of nitrogens with one attached hydrogen (secondary N) is 1. The molecule has 3 rings (SSSR count). The first-order chi connectivity index (χ1) is 9.65. The number of para-hydroxylation sites is 1. The van der Waals surface area contributed by atoms with Crippen molar-refractivity contribution in [2.24, 2.45) is 5.92 Å². The summed E-state index contributed by atoms with van der Waals surface area (Å²) in [6, 6.07) is 9.50. The molecule has 0 saturated heterocycles. The third-order valence-electron chi connectivity index (χ3n) is 4.08. The van der Waals surface area contributed by atoms with Gasteiger partial charge in [-0.3, -0.25) is 4.79 Å². The first-order valence-electron chi connectivity index (χ1n) is 7.01. The van der Waals surface area contributed by atoms with E-state index in [0.29, 0.717) is 16.6 Å². The summed E-state index contributed by atoms with van der Waals surface area (Å²) >= 11 is 6.23. The van der Waals surface area contributed by atoms with Crippen molar-refractivity contribution in [3.05, 3.63) is 41.0 Å². The van der Waals surface area contributed by atoms with Gasteiger partial charge in [0.1, 0.15) is 5.69 Å². The van der Waals surface area contributed by atoms with E-state index in [4.69, 9.17) is 11.6 Å². The molecule has 1 aliphatic carbocycles. The highest BCUT2D eigenvalue weighted by Gasteiger charge is 2.25. The Bertz CT molecular complexity index is 656. The maximum atomic E-state index is 12.3. The first kappa shape index (κ1) is 13.4. The predicted molar refractivity (Wildman–Crippen MR) is 81.0 cm³/mol. The van der Waals surface area contributed by atoms with Crippen molar-refractivity contribution in [3.8, 4) is 0 Å². The van der Waals surface area contributed by atoms with E-state index in [1.807, 2.05) is 24.3 Å². The predicted octanol–water partition coefficient (Wildman–Crippen LogP) is 3.81. The molecule has 1 N–H and O–H groups in total. The van der Waals surface area contributed by atoms with Crippen LogP contribution >= 0.6 is 11.6 Å². The minimum absolute atomic E-state index is 0.128. The number of halogens is 1. The summed E-state index contributed by atoms with van der Waals surface area (Å²) in [4.78, 5) is 16.7. The number of carbonyl (C=O) groups is 1. The number of aromatic nitrogens is 1. The van der Waals surface area contributed by atoms with Gasteiger partial charge in [-0.05, 0) is 30.9 Å². The van der Waals surface area contributed by atoms with Crippen LogP contribution in [0.4, 0.5) is 0 Å². The average molecular weight is 289 g/mol. The van der Waals surface area contributed by atoms with Gasteiger partial charge in [0.2, 0.25) is 0 Å². The number of hydrogen-bond acceptors (Lipinski definition) is 2. The molecule has 3 nitrogen and oxygen atoms in total. The van der Waals surface area contributed by atoms with E-state index in [9.17, 15) is 4.79 Å². The van der Waals surface area contributed by atoms with E-state index in [1.54, 1.807) is 6.07 Å². The van der Waals surface area contributed by atoms with Crippen molar-refractivity contribution in [3.63, 3.8) is 0 Å². The fraction of sp³-hybridized carbons (Fsp3) is 0.375. The second-order valence-electron chi connectivity index (χ2n) is 5.49. The molecule has 0 aliphatic heterocycles. The van der Waals surface area contributed by atoms with Gasteiger partial charge in [0.25, 0.3) is 5.91 Å². The van der Waals surface area contributed by atoms with E-state index in [2.05, 4.69) is 17.2 Å². The third-order valence-corrected chi connectivity index (χ3v) is 4.39. The van der Waals surface area contributed by atoms with Crippen molar-refractivity contribution >= 4 is 28.4 Å². The van der Waals surface area contributed by atoms with Crippen molar-refractivity contribution < 1.29 is 4.79 Å². The Balaban J connectivity index is 1.88. The van der Waals surface area contributed by atoms with Crippen LogP contribution in [0.2, 0.25) is 5.02 Å². The monoisotopic (exact) mass is 288 g/mol. The topological polar surface area (TPSA) is 42.0 Å². The van der Waals surface area contributed by atoms with Gasteiger partial charge in [-0.2, -0.15) is 0 Å². The lowest BCUT2D eigenvalue weighted by molar-refractivity contribution is 0.0925. The van der Waals surface area contributed by atoms with Crippen LogP contribution in [0, 0.1) is 5.92 Å². The summed E-state index contributed by atoms with van der Waals surface area (Å²) in [6.07, 6.45) is 3.41. The van der Waals surface area contributed by atoms with E-state index in [1.165, 1.54) is 12.8 Å². The van der Waals surface area contributed by atoms with Gasteiger partial charge in [-0.25, -0.2) is 4.98 Å². The van der Waals surface area contributed by atoms with Crippen LogP contribution in [-0.4, -0.2) is 16.9 Å². The highest BCUT2D eigenvalue weighted by atomic mass is 35.5. The van der Waals surface area contributed by atoms with Gasteiger partial charge < -0.3 is 5.32 Å². The smallest absolute Gasteiger partial charge is 0.270 e. The lowest BCUT2D eigenvalue weighted by atomic mass is 10.1. The highest BCUT2D eigenvalue weighted by molar-refractivity contribution is 6.35. The lowest BCUT2D eigenvalue weighted by Crippen LogP contribution is -2.36. The molecule has 2 unspecified atom stereocenters. The number of fused-ring (bicyclic) bond motifs is 1. The molecule has 0 bridgehead atoms. The van der Waals surface area contributed by atoms with Crippen LogP contribution in [0.1, 0.15) is 36.7 Å². The fourth-order valence-corrected chi connectivity index (χ4v) is 3.11. The molecular weight excluding hydrogens is 272 g/mol. The van der Waals surface area contributed by atoms with E-state index in [0.717, 1.165) is 17.3 Å². The molecule has 1 saturated carbocycles. The number of amides is 1. The quantitative estimate of drug-likeness (QED) is 0.913. The van der Waals surface area contributed by atoms with Gasteiger partial charge in [0.15, 0.2) is 0 Å². The van der Waals surface area contributed by atoms with Crippen molar-refractivity contribution in [1.82, 2.24) is 10.3 Å². The van der Waals surface area contributed by atoms with Crippen LogP contribution in [0.5, 0.6) is 0 Å². The number of hydrogen-bond donors (Lipinski definition) is 1.